The van der Waals surface area contributed by atoms with E-state index in [0.717, 1.165) is 0 Å². The van der Waals surface area contributed by atoms with Crippen LogP contribution in [0.25, 0.3) is 0 Å². The molecule has 0 heterocycles. The van der Waals surface area contributed by atoms with Crippen molar-refractivity contribution >= 4 is 11.6 Å². The molecule has 0 spiro atoms. The van der Waals surface area contributed by atoms with E-state index >= 15 is 0 Å². The molecule has 0 radical (unpaired) electrons. The summed E-state index contributed by atoms with van der Waals surface area (Å²) in [6.45, 7) is 2.48. The van der Waals surface area contributed by atoms with Crippen LogP contribution in [0.3, 0.4) is 0 Å². The first-order chi connectivity index (χ1) is 8.58. The number of halogens is 1. The van der Waals surface area contributed by atoms with Gasteiger partial charge in [0.05, 0.1) is 5.69 Å². The molecule has 1 rings (SSSR count). The van der Waals surface area contributed by atoms with E-state index in [2.05, 4.69) is 5.32 Å². The lowest BCUT2D eigenvalue weighted by molar-refractivity contribution is -0.116. The Morgan fingerprint density at radius 3 is 2.94 bits per heavy atom. The topological polar surface area (TPSA) is 78.9 Å². The summed E-state index contributed by atoms with van der Waals surface area (Å²) < 4.78 is 13.3. The minimum atomic E-state index is -0.634. The average Bonchev–Trinajstić information content (AvgIpc) is 2.36. The highest BCUT2D eigenvalue weighted by Gasteiger charge is 2.11. The van der Waals surface area contributed by atoms with Gasteiger partial charge in [0.15, 0.2) is 0 Å². The molecule has 5 heteroatoms. The van der Waals surface area contributed by atoms with Gasteiger partial charge in [0.2, 0.25) is 5.91 Å². The van der Waals surface area contributed by atoms with Crippen molar-refractivity contribution in [2.45, 2.75) is 19.8 Å². The second-order valence-electron chi connectivity index (χ2n) is 4.20. The lowest BCUT2D eigenvalue weighted by Crippen LogP contribution is -2.17. The zero-order chi connectivity index (χ0) is 13.5. The van der Waals surface area contributed by atoms with E-state index in [-0.39, 0.29) is 23.1 Å². The van der Waals surface area contributed by atoms with Gasteiger partial charge in [-0.3, -0.25) is 4.79 Å². The van der Waals surface area contributed by atoms with Gasteiger partial charge in [-0.2, -0.15) is 5.26 Å². The van der Waals surface area contributed by atoms with Crippen LogP contribution in [0.1, 0.15) is 25.3 Å². The number of hydrogen-bond donors (Lipinski definition) is 2. The smallest absolute Gasteiger partial charge is 0.224 e. The molecule has 1 amide bonds. The van der Waals surface area contributed by atoms with E-state index < -0.39 is 5.82 Å². The van der Waals surface area contributed by atoms with Crippen LogP contribution >= 0.6 is 0 Å². The summed E-state index contributed by atoms with van der Waals surface area (Å²) in [5.74, 6) is -0.610. The Kier molecular flexibility index (Phi) is 5.28. The molecule has 0 aromatic heterocycles. The van der Waals surface area contributed by atoms with Gasteiger partial charge in [-0.1, -0.05) is 13.0 Å². The van der Waals surface area contributed by atoms with E-state index in [1.54, 1.807) is 6.07 Å². The zero-order valence-electron chi connectivity index (χ0n) is 10.2. The molecule has 0 aliphatic carbocycles. The van der Waals surface area contributed by atoms with Crippen LogP contribution in [-0.4, -0.2) is 12.5 Å². The number of nitrogens with one attached hydrogen (secondary N) is 1. The van der Waals surface area contributed by atoms with Crippen molar-refractivity contribution in [2.24, 2.45) is 11.7 Å². The number of carbonyl (C=O) groups is 1. The summed E-state index contributed by atoms with van der Waals surface area (Å²) in [4.78, 5) is 11.6. The molecule has 1 atom stereocenters. The van der Waals surface area contributed by atoms with Gasteiger partial charge in [-0.05, 0) is 31.0 Å². The fourth-order valence-electron chi connectivity index (χ4n) is 1.45. The standard InChI is InChI=1S/C13H16FN3O/c1-9(7-15)5-6-13(18)17-12-4-2-3-11(14)10(12)8-16/h2-4,9H,5-7,15H2,1H3,(H,17,18). The molecular weight excluding hydrogens is 233 g/mol. The first-order valence-electron chi connectivity index (χ1n) is 5.77. The maximum Gasteiger partial charge on any atom is 0.224 e. The number of nitriles is 1. The van der Waals surface area contributed by atoms with Crippen molar-refractivity contribution in [2.75, 3.05) is 11.9 Å². The molecule has 0 saturated heterocycles. The monoisotopic (exact) mass is 249 g/mol. The molecule has 0 fully saturated rings. The first kappa shape index (κ1) is 14.1. The quantitative estimate of drug-likeness (QED) is 0.837. The van der Waals surface area contributed by atoms with Gasteiger partial charge < -0.3 is 11.1 Å². The van der Waals surface area contributed by atoms with Crippen LogP contribution in [0.4, 0.5) is 10.1 Å². The maximum atomic E-state index is 13.3. The lowest BCUT2D eigenvalue weighted by atomic mass is 10.1. The summed E-state index contributed by atoms with van der Waals surface area (Å²) in [5, 5.41) is 11.3. The van der Waals surface area contributed by atoms with Gasteiger partial charge in [-0.15, -0.1) is 0 Å². The Bertz CT molecular complexity index is 468. The van der Waals surface area contributed by atoms with Crippen LogP contribution in [-0.2, 0) is 4.79 Å². The van der Waals surface area contributed by atoms with E-state index in [1.165, 1.54) is 18.2 Å². The minimum Gasteiger partial charge on any atom is -0.330 e. The summed E-state index contributed by atoms with van der Waals surface area (Å²) in [6.07, 6.45) is 0.972. The molecule has 96 valence electrons. The molecule has 1 aromatic carbocycles. The third-order valence-electron chi connectivity index (χ3n) is 2.67. The number of nitrogens with zero attached hydrogens (tertiary/aromatic N) is 1. The van der Waals surface area contributed by atoms with E-state index in [0.29, 0.717) is 19.4 Å². The number of carbonyl (C=O) groups excluding carboxylic acids is 1. The van der Waals surface area contributed by atoms with Gasteiger partial charge in [0.1, 0.15) is 17.4 Å². The number of nitrogens with two attached hydrogens (primary N) is 1. The number of amides is 1. The molecule has 1 unspecified atom stereocenters. The van der Waals surface area contributed by atoms with Crippen LogP contribution in [0.15, 0.2) is 18.2 Å². The molecule has 0 saturated carbocycles. The van der Waals surface area contributed by atoms with Crippen LogP contribution in [0, 0.1) is 23.1 Å². The van der Waals surface area contributed by atoms with Crippen LogP contribution in [0.2, 0.25) is 0 Å². The number of benzene rings is 1. The van der Waals surface area contributed by atoms with Crippen molar-refractivity contribution < 1.29 is 9.18 Å². The summed E-state index contributed by atoms with van der Waals surface area (Å²) in [5.41, 5.74) is 5.52. The van der Waals surface area contributed by atoms with Gasteiger partial charge in [-0.25, -0.2) is 4.39 Å². The maximum absolute atomic E-state index is 13.3. The van der Waals surface area contributed by atoms with E-state index in [1.807, 2.05) is 6.92 Å². The van der Waals surface area contributed by atoms with Gasteiger partial charge in [0.25, 0.3) is 0 Å². The van der Waals surface area contributed by atoms with Crippen molar-refractivity contribution in [1.82, 2.24) is 0 Å². The normalized spacial score (nSPS) is 11.7. The summed E-state index contributed by atoms with van der Waals surface area (Å²) in [6, 6.07) is 5.88. The Morgan fingerprint density at radius 2 is 2.33 bits per heavy atom. The van der Waals surface area contributed by atoms with Crippen LogP contribution < -0.4 is 11.1 Å². The predicted octanol–water partition coefficient (Wildman–Crippen LogP) is 2.01. The third-order valence-corrected chi connectivity index (χ3v) is 2.67. The van der Waals surface area contributed by atoms with Crippen molar-refractivity contribution in [1.29, 1.82) is 5.26 Å². The molecule has 1 aromatic rings. The van der Waals surface area contributed by atoms with E-state index in [4.69, 9.17) is 11.0 Å². The second-order valence-corrected chi connectivity index (χ2v) is 4.20. The highest BCUT2D eigenvalue weighted by atomic mass is 19.1. The molecular formula is C13H16FN3O. The highest BCUT2D eigenvalue weighted by Crippen LogP contribution is 2.18. The number of hydrogen-bond acceptors (Lipinski definition) is 3. The highest BCUT2D eigenvalue weighted by molar-refractivity contribution is 5.92. The predicted molar refractivity (Wildman–Crippen MR) is 67.2 cm³/mol. The number of anilines is 1. The van der Waals surface area contributed by atoms with Crippen molar-refractivity contribution in [3.05, 3.63) is 29.6 Å². The molecule has 18 heavy (non-hydrogen) atoms. The fraction of sp³-hybridized carbons (Fsp3) is 0.385. The van der Waals surface area contributed by atoms with Crippen molar-refractivity contribution in [3.8, 4) is 6.07 Å². The van der Waals surface area contributed by atoms with Gasteiger partial charge in [0, 0.05) is 6.42 Å². The average molecular weight is 249 g/mol. The molecule has 0 aliphatic heterocycles. The fourth-order valence-corrected chi connectivity index (χ4v) is 1.45. The Labute approximate surface area is 106 Å². The van der Waals surface area contributed by atoms with Crippen LogP contribution in [0.5, 0.6) is 0 Å². The van der Waals surface area contributed by atoms with E-state index in [9.17, 15) is 9.18 Å². The van der Waals surface area contributed by atoms with Crippen molar-refractivity contribution in [3.63, 3.8) is 0 Å². The Balaban J connectivity index is 2.66. The number of rotatable bonds is 5. The Morgan fingerprint density at radius 1 is 1.61 bits per heavy atom. The second kappa shape index (κ2) is 6.72. The largest absolute Gasteiger partial charge is 0.330 e. The third kappa shape index (κ3) is 3.82. The molecule has 0 aliphatic rings. The van der Waals surface area contributed by atoms with Gasteiger partial charge >= 0.3 is 0 Å². The summed E-state index contributed by atoms with van der Waals surface area (Å²) in [7, 11) is 0. The molecule has 0 bridgehead atoms. The molecule has 4 nitrogen and oxygen atoms in total. The zero-order valence-corrected chi connectivity index (χ0v) is 10.2. The first-order valence-corrected chi connectivity index (χ1v) is 5.77. The Hall–Kier alpha value is -1.93. The summed E-state index contributed by atoms with van der Waals surface area (Å²) >= 11 is 0. The minimum absolute atomic E-state index is 0.141. The molecule has 3 N–H and O–H groups in total. The lowest BCUT2D eigenvalue weighted by Gasteiger charge is -2.09. The SMILES string of the molecule is CC(CN)CCC(=O)Nc1cccc(F)c1C#N.